The molecule has 0 radical (unpaired) electrons. The zero-order chi connectivity index (χ0) is 15.8. The maximum Gasteiger partial charge on any atom is 0.435 e. The smallest absolute Gasteiger partial charge is 0.390 e. The molecule has 2 heterocycles. The number of halogens is 3. The van der Waals surface area contributed by atoms with E-state index < -0.39 is 17.5 Å². The lowest BCUT2D eigenvalue weighted by Crippen LogP contribution is -2.33. The molecular formula is C14H20F3N3O. The van der Waals surface area contributed by atoms with E-state index in [-0.39, 0.29) is 11.6 Å². The maximum absolute atomic E-state index is 12.8. The molecule has 1 aliphatic heterocycles. The average Bonchev–Trinajstić information content (AvgIpc) is 2.86. The maximum atomic E-state index is 12.8. The molecule has 0 amide bonds. The van der Waals surface area contributed by atoms with Crippen molar-refractivity contribution in [2.24, 2.45) is 5.92 Å². The number of pyridine rings is 1. The van der Waals surface area contributed by atoms with Crippen LogP contribution in [0.4, 0.5) is 24.5 Å². The Morgan fingerprint density at radius 3 is 2.52 bits per heavy atom. The molecule has 0 saturated carbocycles. The SMILES string of the molecule is CNc1cc(N2CCC(C(C)(C)O)C2)cnc1C(F)(F)F. The lowest BCUT2D eigenvalue weighted by molar-refractivity contribution is -0.140. The van der Waals surface area contributed by atoms with Gasteiger partial charge in [0.15, 0.2) is 5.69 Å². The van der Waals surface area contributed by atoms with Crippen LogP contribution in [0.1, 0.15) is 26.0 Å². The van der Waals surface area contributed by atoms with Gasteiger partial charge in [0, 0.05) is 26.1 Å². The molecule has 1 aromatic heterocycles. The van der Waals surface area contributed by atoms with Crippen molar-refractivity contribution in [2.45, 2.75) is 32.0 Å². The van der Waals surface area contributed by atoms with Crippen molar-refractivity contribution in [3.05, 3.63) is 18.0 Å². The van der Waals surface area contributed by atoms with Gasteiger partial charge in [0.2, 0.25) is 0 Å². The number of hydrogen-bond donors (Lipinski definition) is 2. The molecular weight excluding hydrogens is 283 g/mol. The van der Waals surface area contributed by atoms with Crippen LogP contribution in [-0.4, -0.2) is 35.8 Å². The van der Waals surface area contributed by atoms with E-state index in [0.29, 0.717) is 18.8 Å². The Morgan fingerprint density at radius 1 is 1.38 bits per heavy atom. The van der Waals surface area contributed by atoms with Gasteiger partial charge in [-0.05, 0) is 26.3 Å². The molecule has 0 bridgehead atoms. The molecule has 1 atom stereocenters. The number of rotatable bonds is 3. The fraction of sp³-hybridized carbons (Fsp3) is 0.643. The van der Waals surface area contributed by atoms with Gasteiger partial charge in [-0.15, -0.1) is 0 Å². The molecule has 1 fully saturated rings. The first-order valence-corrected chi connectivity index (χ1v) is 6.85. The van der Waals surface area contributed by atoms with Crippen LogP contribution in [0.15, 0.2) is 12.3 Å². The van der Waals surface area contributed by atoms with Gasteiger partial charge in [0.25, 0.3) is 0 Å². The minimum absolute atomic E-state index is 0.0355. The fourth-order valence-corrected chi connectivity index (χ4v) is 2.61. The fourth-order valence-electron chi connectivity index (χ4n) is 2.61. The Morgan fingerprint density at radius 2 is 2.05 bits per heavy atom. The third kappa shape index (κ3) is 3.40. The summed E-state index contributed by atoms with van der Waals surface area (Å²) < 4.78 is 38.4. The van der Waals surface area contributed by atoms with Crippen molar-refractivity contribution >= 4 is 11.4 Å². The van der Waals surface area contributed by atoms with Crippen molar-refractivity contribution in [2.75, 3.05) is 30.4 Å². The first kappa shape index (κ1) is 15.9. The van der Waals surface area contributed by atoms with Gasteiger partial charge in [-0.3, -0.25) is 0 Å². The summed E-state index contributed by atoms with van der Waals surface area (Å²) in [5.74, 6) is 0.0952. The molecule has 0 aromatic carbocycles. The lowest BCUT2D eigenvalue weighted by Gasteiger charge is -2.26. The molecule has 1 unspecified atom stereocenters. The highest BCUT2D eigenvalue weighted by molar-refractivity contribution is 5.60. The van der Waals surface area contributed by atoms with E-state index in [1.165, 1.54) is 19.3 Å². The van der Waals surface area contributed by atoms with Crippen LogP contribution in [0.2, 0.25) is 0 Å². The molecule has 0 spiro atoms. The number of hydrogen-bond acceptors (Lipinski definition) is 4. The van der Waals surface area contributed by atoms with Gasteiger partial charge < -0.3 is 15.3 Å². The number of nitrogens with zero attached hydrogens (tertiary/aromatic N) is 2. The van der Waals surface area contributed by atoms with E-state index >= 15 is 0 Å². The van der Waals surface area contributed by atoms with Crippen molar-refractivity contribution in [1.29, 1.82) is 0 Å². The summed E-state index contributed by atoms with van der Waals surface area (Å²) in [5, 5.41) is 12.6. The number of nitrogens with one attached hydrogen (secondary N) is 1. The topological polar surface area (TPSA) is 48.4 Å². The zero-order valence-electron chi connectivity index (χ0n) is 12.3. The van der Waals surface area contributed by atoms with Crippen LogP contribution in [0.3, 0.4) is 0 Å². The van der Waals surface area contributed by atoms with Gasteiger partial charge in [-0.25, -0.2) is 4.98 Å². The molecule has 21 heavy (non-hydrogen) atoms. The molecule has 118 valence electrons. The largest absolute Gasteiger partial charge is 0.435 e. The monoisotopic (exact) mass is 303 g/mol. The first-order valence-electron chi connectivity index (χ1n) is 6.85. The normalized spacial score (nSPS) is 20.0. The van der Waals surface area contributed by atoms with E-state index in [9.17, 15) is 18.3 Å². The second kappa shape index (κ2) is 5.36. The molecule has 7 heteroatoms. The Balaban J connectivity index is 2.23. The summed E-state index contributed by atoms with van der Waals surface area (Å²) in [6.07, 6.45) is -2.42. The van der Waals surface area contributed by atoms with Crippen LogP contribution < -0.4 is 10.2 Å². The van der Waals surface area contributed by atoms with Crippen LogP contribution >= 0.6 is 0 Å². The third-order valence-electron chi connectivity index (χ3n) is 3.96. The third-order valence-corrected chi connectivity index (χ3v) is 3.96. The second-order valence-corrected chi connectivity index (χ2v) is 5.92. The Bertz CT molecular complexity index is 511. The molecule has 4 nitrogen and oxygen atoms in total. The summed E-state index contributed by atoms with van der Waals surface area (Å²) in [5.41, 5.74) is -1.10. The lowest BCUT2D eigenvalue weighted by atomic mass is 9.90. The van der Waals surface area contributed by atoms with Crippen molar-refractivity contribution in [3.63, 3.8) is 0 Å². The molecule has 0 aliphatic carbocycles. The highest BCUT2D eigenvalue weighted by Crippen LogP contribution is 2.36. The van der Waals surface area contributed by atoms with E-state index in [2.05, 4.69) is 10.3 Å². The molecule has 2 rings (SSSR count). The Labute approximate surface area is 122 Å². The number of aromatic nitrogens is 1. The van der Waals surface area contributed by atoms with E-state index in [1.54, 1.807) is 13.8 Å². The zero-order valence-corrected chi connectivity index (χ0v) is 12.3. The van der Waals surface area contributed by atoms with Gasteiger partial charge in [0.05, 0.1) is 23.2 Å². The number of aliphatic hydroxyl groups is 1. The van der Waals surface area contributed by atoms with Crippen LogP contribution in [0, 0.1) is 5.92 Å². The molecule has 1 saturated heterocycles. The predicted octanol–water partition coefficient (Wildman–Crippen LogP) is 2.74. The summed E-state index contributed by atoms with van der Waals surface area (Å²) in [4.78, 5) is 5.52. The quantitative estimate of drug-likeness (QED) is 0.901. The van der Waals surface area contributed by atoms with Crippen LogP contribution in [-0.2, 0) is 6.18 Å². The summed E-state index contributed by atoms with van der Waals surface area (Å²) in [7, 11) is 1.44. The minimum atomic E-state index is -4.47. The summed E-state index contributed by atoms with van der Waals surface area (Å²) in [6.45, 7) is 4.82. The Hall–Kier alpha value is -1.50. The molecule has 2 N–H and O–H groups in total. The minimum Gasteiger partial charge on any atom is -0.390 e. The number of alkyl halides is 3. The molecule has 1 aromatic rings. The summed E-state index contributed by atoms with van der Waals surface area (Å²) in [6, 6.07) is 1.46. The van der Waals surface area contributed by atoms with Gasteiger partial charge in [0.1, 0.15) is 0 Å². The van der Waals surface area contributed by atoms with Crippen molar-refractivity contribution in [3.8, 4) is 0 Å². The van der Waals surface area contributed by atoms with Gasteiger partial charge in [-0.2, -0.15) is 13.2 Å². The van der Waals surface area contributed by atoms with Gasteiger partial charge in [-0.1, -0.05) is 0 Å². The molecule has 1 aliphatic rings. The summed E-state index contributed by atoms with van der Waals surface area (Å²) >= 11 is 0. The van der Waals surface area contributed by atoms with Gasteiger partial charge >= 0.3 is 6.18 Å². The number of anilines is 2. The highest BCUT2D eigenvalue weighted by Gasteiger charge is 2.37. The first-order chi connectivity index (χ1) is 9.63. The standard InChI is InChI=1S/C14H20F3N3O/c1-13(2,21)9-4-5-20(8-9)10-6-11(18-3)12(19-7-10)14(15,16)17/h6-7,9,18,21H,4-5,8H2,1-3H3. The average molecular weight is 303 g/mol. The predicted molar refractivity (Wildman–Crippen MR) is 75.4 cm³/mol. The van der Waals surface area contributed by atoms with Crippen molar-refractivity contribution < 1.29 is 18.3 Å². The van der Waals surface area contributed by atoms with E-state index in [0.717, 1.165) is 6.42 Å². The second-order valence-electron chi connectivity index (χ2n) is 5.92. The van der Waals surface area contributed by atoms with Crippen LogP contribution in [0.25, 0.3) is 0 Å². The highest BCUT2D eigenvalue weighted by atomic mass is 19.4. The van der Waals surface area contributed by atoms with Crippen LogP contribution in [0.5, 0.6) is 0 Å². The Kier molecular flexibility index (Phi) is 4.06. The van der Waals surface area contributed by atoms with E-state index in [1.807, 2.05) is 4.90 Å². The van der Waals surface area contributed by atoms with E-state index in [4.69, 9.17) is 0 Å². The van der Waals surface area contributed by atoms with Crippen molar-refractivity contribution in [1.82, 2.24) is 4.98 Å².